The number of carbonyl (C=O) groups is 1. The van der Waals surface area contributed by atoms with E-state index in [4.69, 9.17) is 9.47 Å². The molecule has 2 N–H and O–H groups in total. The Morgan fingerprint density at radius 1 is 1.15 bits per heavy atom. The SMILES string of the molecule is COc1cc(-c2cc3c4c(ccc3n2S(=O)(=O)c2ccccc2)[C@@H](NC(=O)OC(C)(C)C)[C@@H](F)C4)cc(CO)n1. The molecule has 5 rings (SSSR count). The van der Waals surface area contributed by atoms with Gasteiger partial charge in [-0.2, -0.15) is 0 Å². The minimum atomic E-state index is -4.11. The topological polar surface area (TPSA) is 120 Å². The zero-order valence-electron chi connectivity index (χ0n) is 22.5. The van der Waals surface area contributed by atoms with Gasteiger partial charge in [0.25, 0.3) is 10.0 Å². The Morgan fingerprint density at radius 2 is 1.88 bits per heavy atom. The number of carbonyl (C=O) groups excluding carboxylic acids is 1. The number of hydrogen-bond acceptors (Lipinski definition) is 7. The molecule has 11 heteroatoms. The van der Waals surface area contributed by atoms with Crippen LogP contribution in [-0.4, -0.2) is 47.5 Å². The first-order valence-electron chi connectivity index (χ1n) is 12.7. The molecule has 1 aliphatic rings. The lowest BCUT2D eigenvalue weighted by Gasteiger charge is -2.23. The first-order valence-corrected chi connectivity index (χ1v) is 14.1. The largest absolute Gasteiger partial charge is 0.481 e. The molecular formula is C29H30FN3O6S. The lowest BCUT2D eigenvalue weighted by Crippen LogP contribution is -2.37. The number of aromatic nitrogens is 2. The van der Waals surface area contributed by atoms with Crippen molar-refractivity contribution in [2.45, 2.75) is 56.5 Å². The fraction of sp³-hybridized carbons (Fsp3) is 0.310. The van der Waals surface area contributed by atoms with Crippen LogP contribution in [0.15, 0.2) is 65.6 Å². The van der Waals surface area contributed by atoms with Crippen molar-refractivity contribution >= 4 is 27.0 Å². The number of amides is 1. The number of nitrogens with one attached hydrogen (secondary N) is 1. The normalized spacial score (nSPS) is 17.1. The highest BCUT2D eigenvalue weighted by Crippen LogP contribution is 2.42. The molecule has 1 aliphatic carbocycles. The maximum atomic E-state index is 15.4. The third kappa shape index (κ3) is 5.02. The Hall–Kier alpha value is -3.96. The molecule has 2 heterocycles. The van der Waals surface area contributed by atoms with E-state index in [1.165, 1.54) is 23.2 Å². The van der Waals surface area contributed by atoms with Crippen molar-refractivity contribution in [3.8, 4) is 17.1 Å². The van der Waals surface area contributed by atoms with Gasteiger partial charge in [-0.25, -0.2) is 26.6 Å². The van der Waals surface area contributed by atoms with Gasteiger partial charge in [0, 0.05) is 23.4 Å². The molecule has 9 nitrogen and oxygen atoms in total. The molecule has 2 aromatic carbocycles. The Kier molecular flexibility index (Phi) is 7.05. The van der Waals surface area contributed by atoms with Crippen molar-refractivity contribution in [1.82, 2.24) is 14.3 Å². The average molecular weight is 568 g/mol. The number of nitrogens with zero attached hydrogens (tertiary/aromatic N) is 2. The van der Waals surface area contributed by atoms with Crippen LogP contribution in [0.5, 0.6) is 5.88 Å². The number of benzene rings is 2. The number of rotatable bonds is 6. The van der Waals surface area contributed by atoms with Gasteiger partial charge in [0.15, 0.2) is 0 Å². The zero-order chi connectivity index (χ0) is 28.8. The smallest absolute Gasteiger partial charge is 0.408 e. The van der Waals surface area contributed by atoms with Crippen molar-refractivity contribution in [3.63, 3.8) is 0 Å². The highest BCUT2D eigenvalue weighted by molar-refractivity contribution is 7.90. The molecule has 4 aromatic rings. The van der Waals surface area contributed by atoms with Gasteiger partial charge in [-0.05, 0) is 62.2 Å². The Labute approximate surface area is 231 Å². The third-order valence-corrected chi connectivity index (χ3v) is 8.40. The molecule has 40 heavy (non-hydrogen) atoms. The number of methoxy groups -OCH3 is 1. The molecule has 0 bridgehead atoms. The van der Waals surface area contributed by atoms with Gasteiger partial charge >= 0.3 is 6.09 Å². The highest BCUT2D eigenvalue weighted by Gasteiger charge is 2.37. The number of alkyl halides is 1. The summed E-state index contributed by atoms with van der Waals surface area (Å²) >= 11 is 0. The maximum absolute atomic E-state index is 15.4. The number of alkyl carbamates (subject to hydrolysis) is 1. The summed E-state index contributed by atoms with van der Waals surface area (Å²) in [6, 6.07) is 15.2. The molecule has 210 valence electrons. The number of aliphatic hydroxyl groups is 1. The van der Waals surface area contributed by atoms with Crippen LogP contribution in [0.1, 0.15) is 43.6 Å². The van der Waals surface area contributed by atoms with Crippen LogP contribution in [0.4, 0.5) is 9.18 Å². The Balaban J connectivity index is 1.72. The standard InChI is InChI=1S/C29H30FN3O6S/c1-29(2,3)39-28(35)32-27-20-10-11-24-22(21(20)14-23(27)30)15-25(17-12-18(16-34)31-26(13-17)38-4)33(24)40(36,37)19-8-6-5-7-9-19/h5-13,15,23,27,34H,14,16H2,1-4H3,(H,32,35)/t23-,27+/m0/s1. The molecule has 0 unspecified atom stereocenters. The summed E-state index contributed by atoms with van der Waals surface area (Å²) in [6.45, 7) is 4.78. The van der Waals surface area contributed by atoms with Gasteiger partial charge in [0.2, 0.25) is 5.88 Å². The van der Waals surface area contributed by atoms with E-state index < -0.39 is 33.9 Å². The van der Waals surface area contributed by atoms with Gasteiger partial charge in [0.1, 0.15) is 11.8 Å². The van der Waals surface area contributed by atoms with Crippen LogP contribution in [0, 0.1) is 0 Å². The van der Waals surface area contributed by atoms with E-state index in [1.807, 2.05) is 0 Å². The van der Waals surface area contributed by atoms with E-state index in [1.54, 1.807) is 69.3 Å². The number of hydrogen-bond donors (Lipinski definition) is 2. The van der Waals surface area contributed by atoms with E-state index in [0.717, 1.165) is 0 Å². The van der Waals surface area contributed by atoms with Crippen molar-refractivity contribution in [1.29, 1.82) is 0 Å². The molecule has 0 spiro atoms. The molecule has 0 radical (unpaired) electrons. The van der Waals surface area contributed by atoms with E-state index in [-0.39, 0.29) is 23.8 Å². The van der Waals surface area contributed by atoms with Crippen LogP contribution >= 0.6 is 0 Å². The molecule has 1 amide bonds. The summed E-state index contributed by atoms with van der Waals surface area (Å²) < 4.78 is 55.3. The first kappa shape index (κ1) is 27.6. The Morgan fingerprint density at radius 3 is 2.52 bits per heavy atom. The van der Waals surface area contributed by atoms with Gasteiger partial charge in [-0.1, -0.05) is 24.3 Å². The van der Waals surface area contributed by atoms with Crippen LogP contribution in [0.2, 0.25) is 0 Å². The summed E-state index contributed by atoms with van der Waals surface area (Å²) in [7, 11) is -2.69. The molecule has 0 saturated carbocycles. The molecule has 2 aromatic heterocycles. The number of aliphatic hydroxyl groups excluding tert-OH is 1. The van der Waals surface area contributed by atoms with Crippen molar-refractivity contribution in [2.75, 3.05) is 7.11 Å². The minimum Gasteiger partial charge on any atom is -0.481 e. The van der Waals surface area contributed by atoms with Crippen LogP contribution in [-0.2, 0) is 27.8 Å². The second-order valence-electron chi connectivity index (χ2n) is 10.6. The first-order chi connectivity index (χ1) is 18.9. The van der Waals surface area contributed by atoms with Crippen molar-refractivity contribution < 1.29 is 32.2 Å². The van der Waals surface area contributed by atoms with Gasteiger partial charge in [-0.3, -0.25) is 0 Å². The number of ether oxygens (including phenoxy) is 2. The Bertz CT molecular complexity index is 1670. The number of fused-ring (bicyclic) bond motifs is 3. The summed E-state index contributed by atoms with van der Waals surface area (Å²) in [5, 5.41) is 12.9. The summed E-state index contributed by atoms with van der Waals surface area (Å²) in [6.07, 6.45) is -2.20. The summed E-state index contributed by atoms with van der Waals surface area (Å²) in [4.78, 5) is 16.7. The molecule has 2 atom stereocenters. The molecular weight excluding hydrogens is 537 g/mol. The highest BCUT2D eigenvalue weighted by atomic mass is 32.2. The zero-order valence-corrected chi connectivity index (χ0v) is 23.3. The monoisotopic (exact) mass is 567 g/mol. The lowest BCUT2D eigenvalue weighted by atomic mass is 10.0. The molecule has 0 aliphatic heterocycles. The third-order valence-electron chi connectivity index (χ3n) is 6.66. The van der Waals surface area contributed by atoms with Crippen molar-refractivity contribution in [2.24, 2.45) is 0 Å². The van der Waals surface area contributed by atoms with Gasteiger partial charge in [-0.15, -0.1) is 0 Å². The van der Waals surface area contributed by atoms with Crippen LogP contribution in [0.25, 0.3) is 22.2 Å². The minimum absolute atomic E-state index is 0.0243. The van der Waals surface area contributed by atoms with Crippen molar-refractivity contribution in [3.05, 3.63) is 77.5 Å². The van der Waals surface area contributed by atoms with E-state index in [0.29, 0.717) is 39.0 Å². The summed E-state index contributed by atoms with van der Waals surface area (Å²) in [5.74, 6) is 0.200. The molecule has 0 fully saturated rings. The summed E-state index contributed by atoms with van der Waals surface area (Å²) in [5.41, 5.74) is 1.77. The quantitative estimate of drug-likeness (QED) is 0.340. The second-order valence-corrected chi connectivity index (χ2v) is 12.4. The fourth-order valence-corrected chi connectivity index (χ4v) is 6.56. The molecule has 0 saturated heterocycles. The van der Waals surface area contributed by atoms with E-state index in [2.05, 4.69) is 10.3 Å². The van der Waals surface area contributed by atoms with Crippen LogP contribution in [0.3, 0.4) is 0 Å². The maximum Gasteiger partial charge on any atom is 0.408 e. The van der Waals surface area contributed by atoms with E-state index >= 15 is 4.39 Å². The lowest BCUT2D eigenvalue weighted by molar-refractivity contribution is 0.0479. The van der Waals surface area contributed by atoms with Gasteiger partial charge < -0.3 is 19.9 Å². The van der Waals surface area contributed by atoms with E-state index in [9.17, 15) is 18.3 Å². The second kappa shape index (κ2) is 10.2. The predicted molar refractivity (Wildman–Crippen MR) is 147 cm³/mol. The fourth-order valence-electron chi connectivity index (χ4n) is 5.01. The number of pyridine rings is 1. The average Bonchev–Trinajstić information content (AvgIpc) is 3.46. The number of halogens is 1. The van der Waals surface area contributed by atoms with Crippen LogP contribution < -0.4 is 10.1 Å². The van der Waals surface area contributed by atoms with Gasteiger partial charge in [0.05, 0.1) is 41.6 Å². The predicted octanol–water partition coefficient (Wildman–Crippen LogP) is 4.90.